The van der Waals surface area contributed by atoms with Crippen LogP contribution in [0.15, 0.2) is 12.1 Å². The third-order valence-electron chi connectivity index (χ3n) is 4.02. The lowest BCUT2D eigenvalue weighted by Crippen LogP contribution is -2.31. The van der Waals surface area contributed by atoms with E-state index in [1.54, 1.807) is 0 Å². The number of fused-ring (bicyclic) bond motifs is 1. The molecule has 0 radical (unpaired) electrons. The minimum absolute atomic E-state index is 0.290. The molecule has 0 amide bonds. The Morgan fingerprint density at radius 3 is 2.58 bits per heavy atom. The van der Waals surface area contributed by atoms with E-state index in [4.69, 9.17) is 4.74 Å². The summed E-state index contributed by atoms with van der Waals surface area (Å²) < 4.78 is 6.32. The Bertz CT molecular complexity index is 439. The molecule has 2 rings (SSSR count). The van der Waals surface area contributed by atoms with Crippen LogP contribution in [0.2, 0.25) is 0 Å². The summed E-state index contributed by atoms with van der Waals surface area (Å²) >= 11 is 0. The Labute approximate surface area is 117 Å². The Morgan fingerprint density at radius 2 is 2.00 bits per heavy atom. The van der Waals surface area contributed by atoms with Gasteiger partial charge in [-0.3, -0.25) is 0 Å². The van der Waals surface area contributed by atoms with Crippen LogP contribution in [0.25, 0.3) is 0 Å². The molecule has 19 heavy (non-hydrogen) atoms. The Morgan fingerprint density at radius 1 is 1.26 bits per heavy atom. The highest BCUT2D eigenvalue weighted by Crippen LogP contribution is 2.44. The molecule has 0 saturated carbocycles. The summed E-state index contributed by atoms with van der Waals surface area (Å²) in [6, 6.07) is 4.84. The van der Waals surface area contributed by atoms with Crippen LogP contribution in [0.3, 0.4) is 0 Å². The first-order valence-corrected chi connectivity index (χ1v) is 7.63. The quantitative estimate of drug-likeness (QED) is 0.851. The topological polar surface area (TPSA) is 21.3 Å². The molecule has 106 valence electrons. The van der Waals surface area contributed by atoms with Gasteiger partial charge in [0, 0.05) is 5.56 Å². The van der Waals surface area contributed by atoms with Crippen molar-refractivity contribution in [1.82, 2.24) is 5.32 Å². The number of aryl methyl sites for hydroxylation is 1. The minimum atomic E-state index is 0.290. The molecule has 2 atom stereocenters. The molecule has 0 saturated heterocycles. The van der Waals surface area contributed by atoms with Crippen molar-refractivity contribution in [2.45, 2.75) is 65.5 Å². The molecule has 1 N–H and O–H groups in total. The van der Waals surface area contributed by atoms with Crippen LogP contribution in [-0.2, 0) is 0 Å². The van der Waals surface area contributed by atoms with Crippen LogP contribution < -0.4 is 10.1 Å². The second kappa shape index (κ2) is 5.96. The van der Waals surface area contributed by atoms with Crippen LogP contribution >= 0.6 is 0 Å². The number of ether oxygens (including phenoxy) is 1. The Hall–Kier alpha value is -1.02. The summed E-state index contributed by atoms with van der Waals surface area (Å²) in [5.74, 6) is 1.66. The number of nitrogens with one attached hydrogen (secondary N) is 1. The summed E-state index contributed by atoms with van der Waals surface area (Å²) in [4.78, 5) is 0. The van der Waals surface area contributed by atoms with Crippen LogP contribution in [0.1, 0.15) is 69.2 Å². The van der Waals surface area contributed by atoms with E-state index in [0.717, 1.165) is 25.1 Å². The van der Waals surface area contributed by atoms with Crippen molar-refractivity contribution in [2.75, 3.05) is 6.54 Å². The van der Waals surface area contributed by atoms with Gasteiger partial charge < -0.3 is 10.1 Å². The van der Waals surface area contributed by atoms with Gasteiger partial charge >= 0.3 is 0 Å². The zero-order valence-electron chi connectivity index (χ0n) is 12.9. The van der Waals surface area contributed by atoms with Crippen molar-refractivity contribution in [3.63, 3.8) is 0 Å². The molecule has 1 aromatic rings. The maximum absolute atomic E-state index is 6.32. The predicted octanol–water partition coefficient (Wildman–Crippen LogP) is 4.33. The maximum Gasteiger partial charge on any atom is 0.128 e. The van der Waals surface area contributed by atoms with Gasteiger partial charge in [-0.05, 0) is 36.9 Å². The van der Waals surface area contributed by atoms with Crippen LogP contribution in [-0.4, -0.2) is 12.6 Å². The monoisotopic (exact) mass is 261 g/mol. The van der Waals surface area contributed by atoms with Gasteiger partial charge in [0.2, 0.25) is 0 Å². The van der Waals surface area contributed by atoms with E-state index in [0.29, 0.717) is 18.1 Å². The van der Waals surface area contributed by atoms with Crippen molar-refractivity contribution in [3.05, 3.63) is 28.8 Å². The average molecular weight is 261 g/mol. The zero-order chi connectivity index (χ0) is 14.0. The van der Waals surface area contributed by atoms with Gasteiger partial charge in [0.05, 0.1) is 6.04 Å². The van der Waals surface area contributed by atoms with Gasteiger partial charge in [0.25, 0.3) is 0 Å². The van der Waals surface area contributed by atoms with Gasteiger partial charge in [-0.1, -0.05) is 46.2 Å². The highest BCUT2D eigenvalue weighted by atomic mass is 16.5. The second-order valence-electron chi connectivity index (χ2n) is 5.85. The van der Waals surface area contributed by atoms with E-state index in [1.165, 1.54) is 16.7 Å². The van der Waals surface area contributed by atoms with Crippen molar-refractivity contribution < 1.29 is 4.74 Å². The summed E-state index contributed by atoms with van der Waals surface area (Å²) in [6.07, 6.45) is 2.57. The third-order valence-corrected chi connectivity index (χ3v) is 4.02. The van der Waals surface area contributed by atoms with Gasteiger partial charge in [-0.2, -0.15) is 0 Å². The van der Waals surface area contributed by atoms with Crippen molar-refractivity contribution >= 4 is 0 Å². The molecule has 0 fully saturated rings. The molecular weight excluding hydrogens is 234 g/mol. The molecule has 1 aliphatic rings. The first-order chi connectivity index (χ1) is 9.10. The molecule has 0 spiro atoms. The van der Waals surface area contributed by atoms with E-state index < -0.39 is 0 Å². The normalized spacial score (nSPS) is 21.6. The SMILES string of the molecule is CCCC1Oc2c(C(C)C)ccc(C)c2C1NCC. The lowest BCUT2D eigenvalue weighted by atomic mass is 9.92. The summed E-state index contributed by atoms with van der Waals surface area (Å²) in [7, 11) is 0. The number of rotatable bonds is 5. The largest absolute Gasteiger partial charge is 0.488 e. The lowest BCUT2D eigenvalue weighted by molar-refractivity contribution is 0.177. The standard InChI is InChI=1S/C17H27NO/c1-6-8-14-16(18-7-2)15-12(5)9-10-13(11(3)4)17(15)19-14/h9-11,14,16,18H,6-8H2,1-5H3. The van der Waals surface area contributed by atoms with Gasteiger partial charge in [-0.15, -0.1) is 0 Å². The molecule has 1 aromatic carbocycles. The number of hydrogen-bond acceptors (Lipinski definition) is 2. The fourth-order valence-electron chi connectivity index (χ4n) is 3.06. The fraction of sp³-hybridized carbons (Fsp3) is 0.647. The van der Waals surface area contributed by atoms with Gasteiger partial charge in [0.1, 0.15) is 11.9 Å². The lowest BCUT2D eigenvalue weighted by Gasteiger charge is -2.19. The van der Waals surface area contributed by atoms with Crippen LogP contribution in [0.5, 0.6) is 5.75 Å². The molecule has 2 nitrogen and oxygen atoms in total. The summed E-state index contributed by atoms with van der Waals surface area (Å²) in [5, 5.41) is 3.62. The Balaban J connectivity index is 2.45. The molecule has 0 aliphatic carbocycles. The molecule has 0 aromatic heterocycles. The maximum atomic E-state index is 6.32. The fourth-order valence-corrected chi connectivity index (χ4v) is 3.06. The van der Waals surface area contributed by atoms with Crippen molar-refractivity contribution in [3.8, 4) is 5.75 Å². The zero-order valence-corrected chi connectivity index (χ0v) is 12.9. The molecule has 1 heterocycles. The molecule has 2 heteroatoms. The first kappa shape index (κ1) is 14.4. The van der Waals surface area contributed by atoms with E-state index in [9.17, 15) is 0 Å². The Kier molecular flexibility index (Phi) is 4.51. The van der Waals surface area contributed by atoms with Gasteiger partial charge in [-0.25, -0.2) is 0 Å². The van der Waals surface area contributed by atoms with Crippen LogP contribution in [0, 0.1) is 6.92 Å². The third kappa shape index (κ3) is 2.64. The number of hydrogen-bond donors (Lipinski definition) is 1. The summed E-state index contributed by atoms with van der Waals surface area (Å²) in [6.45, 7) is 12.1. The van der Waals surface area contributed by atoms with Crippen molar-refractivity contribution in [1.29, 1.82) is 0 Å². The highest BCUT2D eigenvalue weighted by Gasteiger charge is 2.36. The van der Waals surface area contributed by atoms with E-state index >= 15 is 0 Å². The van der Waals surface area contributed by atoms with E-state index in [-0.39, 0.29) is 0 Å². The second-order valence-corrected chi connectivity index (χ2v) is 5.85. The van der Waals surface area contributed by atoms with E-state index in [1.807, 2.05) is 0 Å². The number of likely N-dealkylation sites (N-methyl/N-ethyl adjacent to an activating group) is 1. The van der Waals surface area contributed by atoms with Crippen LogP contribution in [0.4, 0.5) is 0 Å². The van der Waals surface area contributed by atoms with E-state index in [2.05, 4.69) is 52.1 Å². The molecule has 0 bridgehead atoms. The molecule has 2 unspecified atom stereocenters. The smallest absolute Gasteiger partial charge is 0.128 e. The summed E-state index contributed by atoms with van der Waals surface area (Å²) in [5.41, 5.74) is 4.09. The average Bonchev–Trinajstić information content (AvgIpc) is 2.70. The minimum Gasteiger partial charge on any atom is -0.488 e. The number of benzene rings is 1. The van der Waals surface area contributed by atoms with Crippen molar-refractivity contribution in [2.24, 2.45) is 0 Å². The predicted molar refractivity (Wildman–Crippen MR) is 81.0 cm³/mol. The molecular formula is C17H27NO. The highest BCUT2D eigenvalue weighted by molar-refractivity contribution is 5.52. The van der Waals surface area contributed by atoms with Gasteiger partial charge in [0.15, 0.2) is 0 Å². The first-order valence-electron chi connectivity index (χ1n) is 7.63. The molecule has 1 aliphatic heterocycles.